The first kappa shape index (κ1) is 13.3. The number of alkyl halides is 1. The van der Waals surface area contributed by atoms with Crippen molar-refractivity contribution >= 4 is 17.3 Å². The number of rotatable bonds is 5. The number of halogens is 1. The third-order valence-electron chi connectivity index (χ3n) is 2.71. The van der Waals surface area contributed by atoms with E-state index in [1.807, 2.05) is 0 Å². The Balaban J connectivity index is 2.71. The second kappa shape index (κ2) is 6.12. The lowest BCUT2D eigenvalue weighted by molar-refractivity contribution is 0.416. The van der Waals surface area contributed by atoms with Crippen molar-refractivity contribution in [2.45, 2.75) is 12.8 Å². The molecule has 3 heteroatoms. The van der Waals surface area contributed by atoms with Gasteiger partial charge in [0.25, 0.3) is 0 Å². The maximum atomic E-state index is 5.81. The summed E-state index contributed by atoms with van der Waals surface area (Å²) in [6.45, 7) is 4.23. The molecule has 0 atom stereocenters. The van der Waals surface area contributed by atoms with Crippen LogP contribution in [-0.2, 0) is 5.88 Å². The third kappa shape index (κ3) is 3.69. The van der Waals surface area contributed by atoms with E-state index in [1.54, 1.807) is 0 Å². The van der Waals surface area contributed by atoms with E-state index in [-0.39, 0.29) is 0 Å². The molecule has 0 aliphatic carbocycles. The molecule has 16 heavy (non-hydrogen) atoms. The number of hydrogen-bond acceptors (Lipinski definition) is 2. The maximum Gasteiger partial charge on any atom is 0.0474 e. The predicted octanol–water partition coefficient (Wildman–Crippen LogP) is 2.73. The molecule has 1 aromatic rings. The van der Waals surface area contributed by atoms with Gasteiger partial charge in [-0.25, -0.2) is 0 Å². The van der Waals surface area contributed by atoms with Gasteiger partial charge in [-0.3, -0.25) is 0 Å². The van der Waals surface area contributed by atoms with Crippen molar-refractivity contribution in [1.82, 2.24) is 4.90 Å². The van der Waals surface area contributed by atoms with Crippen LogP contribution < -0.4 is 4.90 Å². The minimum atomic E-state index is 0.586. The van der Waals surface area contributed by atoms with Crippen LogP contribution in [0.2, 0.25) is 0 Å². The number of likely N-dealkylation sites (N-methyl/N-ethyl adjacent to an activating group) is 2. The average Bonchev–Trinajstić information content (AvgIpc) is 2.25. The maximum absolute atomic E-state index is 5.81. The molecule has 0 saturated heterocycles. The van der Waals surface area contributed by atoms with Gasteiger partial charge in [0.2, 0.25) is 0 Å². The molecule has 1 rings (SSSR count). The van der Waals surface area contributed by atoms with Crippen LogP contribution in [0.1, 0.15) is 11.1 Å². The van der Waals surface area contributed by atoms with E-state index in [9.17, 15) is 0 Å². The second-order valence-corrected chi connectivity index (χ2v) is 4.75. The number of nitrogens with zero attached hydrogens (tertiary/aromatic N) is 2. The van der Waals surface area contributed by atoms with Gasteiger partial charge in [-0.2, -0.15) is 0 Å². The first-order valence-corrected chi connectivity index (χ1v) is 6.09. The fourth-order valence-electron chi connectivity index (χ4n) is 1.70. The van der Waals surface area contributed by atoms with E-state index in [0.717, 1.165) is 13.1 Å². The van der Waals surface area contributed by atoms with Crippen LogP contribution in [0, 0.1) is 6.92 Å². The Morgan fingerprint density at radius 2 is 1.81 bits per heavy atom. The fraction of sp³-hybridized carbons (Fsp3) is 0.538. The highest BCUT2D eigenvalue weighted by Crippen LogP contribution is 2.20. The SMILES string of the molecule is Cc1cc(CCl)ccc1N(C)CCN(C)C. The zero-order chi connectivity index (χ0) is 12.1. The van der Waals surface area contributed by atoms with Crippen LogP contribution in [0.5, 0.6) is 0 Å². The lowest BCUT2D eigenvalue weighted by Gasteiger charge is -2.23. The summed E-state index contributed by atoms with van der Waals surface area (Å²) in [4.78, 5) is 4.48. The van der Waals surface area contributed by atoms with E-state index in [4.69, 9.17) is 11.6 Å². The highest BCUT2D eigenvalue weighted by molar-refractivity contribution is 6.17. The van der Waals surface area contributed by atoms with Crippen molar-refractivity contribution in [1.29, 1.82) is 0 Å². The highest BCUT2D eigenvalue weighted by atomic mass is 35.5. The molecule has 0 unspecified atom stereocenters. The Morgan fingerprint density at radius 1 is 1.12 bits per heavy atom. The third-order valence-corrected chi connectivity index (χ3v) is 3.02. The first-order valence-electron chi connectivity index (χ1n) is 5.56. The van der Waals surface area contributed by atoms with Crippen LogP contribution in [0.15, 0.2) is 18.2 Å². The number of anilines is 1. The predicted molar refractivity (Wildman–Crippen MR) is 72.6 cm³/mol. The normalized spacial score (nSPS) is 10.9. The summed E-state index contributed by atoms with van der Waals surface area (Å²) in [7, 11) is 6.32. The summed E-state index contributed by atoms with van der Waals surface area (Å²) in [5.74, 6) is 0.586. The number of aryl methyl sites for hydroxylation is 1. The van der Waals surface area contributed by atoms with Crippen LogP contribution in [-0.4, -0.2) is 39.1 Å². The molecule has 0 heterocycles. The Kier molecular flexibility index (Phi) is 5.10. The molecular weight excluding hydrogens is 220 g/mol. The summed E-state index contributed by atoms with van der Waals surface area (Å²) in [5, 5.41) is 0. The summed E-state index contributed by atoms with van der Waals surface area (Å²) < 4.78 is 0. The zero-order valence-electron chi connectivity index (χ0n) is 10.6. The van der Waals surface area contributed by atoms with Gasteiger partial charge in [0.05, 0.1) is 0 Å². The van der Waals surface area contributed by atoms with Crippen molar-refractivity contribution in [2.75, 3.05) is 39.1 Å². The minimum absolute atomic E-state index is 0.586. The van der Waals surface area contributed by atoms with Gasteiger partial charge in [0.15, 0.2) is 0 Å². The van der Waals surface area contributed by atoms with Crippen LogP contribution in [0.4, 0.5) is 5.69 Å². The fourth-order valence-corrected chi connectivity index (χ4v) is 1.87. The molecule has 0 radical (unpaired) electrons. The lowest BCUT2D eigenvalue weighted by atomic mass is 10.1. The Labute approximate surface area is 104 Å². The van der Waals surface area contributed by atoms with Crippen molar-refractivity contribution in [3.8, 4) is 0 Å². The van der Waals surface area contributed by atoms with Gasteiger partial charge in [0.1, 0.15) is 0 Å². The van der Waals surface area contributed by atoms with Gasteiger partial charge < -0.3 is 9.80 Å². The molecule has 0 aliphatic heterocycles. The molecule has 0 aromatic heterocycles. The van der Waals surface area contributed by atoms with Crippen LogP contribution in [0.25, 0.3) is 0 Å². The molecule has 0 fully saturated rings. The van der Waals surface area contributed by atoms with Gasteiger partial charge in [-0.15, -0.1) is 11.6 Å². The Bertz CT molecular complexity index is 337. The molecular formula is C13H21ClN2. The molecule has 0 amide bonds. The Morgan fingerprint density at radius 3 is 2.31 bits per heavy atom. The molecule has 0 aliphatic rings. The van der Waals surface area contributed by atoms with Gasteiger partial charge in [-0.05, 0) is 38.2 Å². The van der Waals surface area contributed by atoms with E-state index in [2.05, 4.69) is 56.1 Å². The quantitative estimate of drug-likeness (QED) is 0.731. The van der Waals surface area contributed by atoms with Crippen molar-refractivity contribution in [3.63, 3.8) is 0 Å². The summed E-state index contributed by atoms with van der Waals surface area (Å²) in [6, 6.07) is 6.42. The monoisotopic (exact) mass is 240 g/mol. The lowest BCUT2D eigenvalue weighted by Crippen LogP contribution is -2.28. The van der Waals surface area contributed by atoms with Gasteiger partial charge in [-0.1, -0.05) is 12.1 Å². The summed E-state index contributed by atoms with van der Waals surface area (Å²) >= 11 is 5.81. The molecule has 0 spiro atoms. The van der Waals surface area contributed by atoms with E-state index in [1.165, 1.54) is 16.8 Å². The van der Waals surface area contributed by atoms with Gasteiger partial charge in [0, 0.05) is 31.7 Å². The number of benzene rings is 1. The molecule has 2 nitrogen and oxygen atoms in total. The standard InChI is InChI=1S/C13H21ClN2/c1-11-9-12(10-14)5-6-13(11)16(4)8-7-15(2)3/h5-6,9H,7-8,10H2,1-4H3. The topological polar surface area (TPSA) is 6.48 Å². The zero-order valence-corrected chi connectivity index (χ0v) is 11.4. The first-order chi connectivity index (χ1) is 7.54. The van der Waals surface area contributed by atoms with E-state index in [0.29, 0.717) is 5.88 Å². The Hall–Kier alpha value is -0.730. The second-order valence-electron chi connectivity index (χ2n) is 4.48. The van der Waals surface area contributed by atoms with E-state index >= 15 is 0 Å². The molecule has 0 bridgehead atoms. The van der Waals surface area contributed by atoms with Crippen molar-refractivity contribution in [3.05, 3.63) is 29.3 Å². The van der Waals surface area contributed by atoms with E-state index < -0.39 is 0 Å². The number of hydrogen-bond donors (Lipinski definition) is 0. The van der Waals surface area contributed by atoms with Crippen LogP contribution in [0.3, 0.4) is 0 Å². The molecule has 0 N–H and O–H groups in total. The smallest absolute Gasteiger partial charge is 0.0474 e. The van der Waals surface area contributed by atoms with Crippen molar-refractivity contribution < 1.29 is 0 Å². The molecule has 0 saturated carbocycles. The largest absolute Gasteiger partial charge is 0.373 e. The highest BCUT2D eigenvalue weighted by Gasteiger charge is 2.05. The average molecular weight is 241 g/mol. The van der Waals surface area contributed by atoms with Gasteiger partial charge >= 0.3 is 0 Å². The summed E-state index contributed by atoms with van der Waals surface area (Å²) in [6.07, 6.45) is 0. The minimum Gasteiger partial charge on any atom is -0.373 e. The van der Waals surface area contributed by atoms with Crippen LogP contribution >= 0.6 is 11.6 Å². The molecule has 1 aromatic carbocycles. The molecule has 90 valence electrons. The van der Waals surface area contributed by atoms with Crippen molar-refractivity contribution in [2.24, 2.45) is 0 Å². The summed E-state index contributed by atoms with van der Waals surface area (Å²) in [5.41, 5.74) is 3.76.